The fraction of sp³-hybridized carbons (Fsp3) is 0.355. The Morgan fingerprint density at radius 2 is 1.57 bits per heavy atom. The van der Waals surface area contributed by atoms with Gasteiger partial charge < -0.3 is 36.0 Å². The lowest BCUT2D eigenvalue weighted by molar-refractivity contribution is -0.135. The molecule has 0 unspecified atom stereocenters. The average Bonchev–Trinajstić information content (AvgIpc) is 2.97. The van der Waals surface area contributed by atoms with Crippen molar-refractivity contribution in [3.8, 4) is 5.75 Å². The van der Waals surface area contributed by atoms with Gasteiger partial charge in [-0.1, -0.05) is 50.2 Å². The van der Waals surface area contributed by atoms with Crippen molar-refractivity contribution in [2.24, 2.45) is 13.0 Å². The number of hydrogen-bond acceptors (Lipinski definition) is 7. The Bertz CT molecular complexity index is 1620. The number of rotatable bonds is 13. The quantitative estimate of drug-likeness (QED) is 0.165. The van der Waals surface area contributed by atoms with E-state index in [9.17, 15) is 33.9 Å². The lowest BCUT2D eigenvalue weighted by Crippen LogP contribution is -2.54. The Morgan fingerprint density at radius 1 is 0.886 bits per heavy atom. The maximum absolute atomic E-state index is 13.4. The number of nitrogens with one attached hydrogen (secondary N) is 4. The minimum absolute atomic E-state index is 0.0279. The fourth-order valence-electron chi connectivity index (χ4n) is 4.73. The summed E-state index contributed by atoms with van der Waals surface area (Å²) >= 11 is 0. The van der Waals surface area contributed by atoms with Crippen LogP contribution in [0.4, 0.5) is 0 Å². The van der Waals surface area contributed by atoms with Crippen LogP contribution in [-0.2, 0) is 39.2 Å². The summed E-state index contributed by atoms with van der Waals surface area (Å²) in [5.41, 5.74) is 0.202. The molecule has 2 atom stereocenters. The first-order chi connectivity index (χ1) is 20.8. The van der Waals surface area contributed by atoms with E-state index in [0.29, 0.717) is 17.5 Å². The van der Waals surface area contributed by atoms with Crippen LogP contribution in [0, 0.1) is 5.92 Å². The minimum atomic E-state index is -1.32. The van der Waals surface area contributed by atoms with E-state index < -0.39 is 59.2 Å². The fourth-order valence-corrected chi connectivity index (χ4v) is 4.73. The molecule has 1 heterocycles. The largest absolute Gasteiger partial charge is 0.506 e. The number of fused-ring (bicyclic) bond motifs is 1. The number of aryl methyl sites for hydroxylation is 1. The summed E-state index contributed by atoms with van der Waals surface area (Å²) in [6.07, 6.45) is 0.562. The summed E-state index contributed by atoms with van der Waals surface area (Å²) in [5, 5.41) is 30.1. The van der Waals surface area contributed by atoms with E-state index in [2.05, 4.69) is 21.3 Å². The number of aromatic hydroxyl groups is 1. The van der Waals surface area contributed by atoms with E-state index in [1.54, 1.807) is 12.1 Å². The molecule has 0 aliphatic carbocycles. The van der Waals surface area contributed by atoms with Gasteiger partial charge in [0.25, 0.3) is 11.5 Å². The Labute approximate surface area is 253 Å². The molecule has 0 spiro atoms. The molecule has 6 N–H and O–H groups in total. The second-order valence-electron chi connectivity index (χ2n) is 10.9. The number of hydrogen-bond donors (Lipinski definition) is 6. The molecule has 0 saturated carbocycles. The summed E-state index contributed by atoms with van der Waals surface area (Å²) in [7, 11) is 1.41. The van der Waals surface area contributed by atoms with Crippen molar-refractivity contribution in [1.29, 1.82) is 0 Å². The Kier molecular flexibility index (Phi) is 11.2. The van der Waals surface area contributed by atoms with E-state index in [1.165, 1.54) is 20.0 Å². The van der Waals surface area contributed by atoms with Gasteiger partial charge in [0, 0.05) is 32.3 Å². The van der Waals surface area contributed by atoms with E-state index in [1.807, 2.05) is 44.2 Å². The zero-order chi connectivity index (χ0) is 32.6. The predicted molar refractivity (Wildman–Crippen MR) is 162 cm³/mol. The summed E-state index contributed by atoms with van der Waals surface area (Å²) in [4.78, 5) is 74.4. The predicted octanol–water partition coefficient (Wildman–Crippen LogP) is 0.953. The van der Waals surface area contributed by atoms with Crippen molar-refractivity contribution in [3.05, 3.63) is 75.6 Å². The molecule has 0 bridgehead atoms. The standard InChI is InChI=1S/C31H37N5O8/c1-17(2)12-22(34-18(3)37)29(42)35-23(14-19-8-6-5-7-9-19)28(41)32-15-20-10-11-24-21(13-20)27(40)26(31(44)36(24)4)30(43)33-16-25(38)39/h5-11,13,17,22-23,40H,12,14-16H2,1-4H3,(H,32,41)(H,33,43)(H,34,37)(H,35,42)(H,38,39)/t22-,23-/m0/s1. The highest BCUT2D eigenvalue weighted by molar-refractivity contribution is 6.03. The molecule has 13 heteroatoms. The van der Waals surface area contributed by atoms with Gasteiger partial charge in [-0.25, -0.2) is 0 Å². The molecule has 13 nitrogen and oxygen atoms in total. The number of amides is 4. The van der Waals surface area contributed by atoms with Crippen molar-refractivity contribution in [2.75, 3.05) is 6.54 Å². The van der Waals surface area contributed by atoms with Gasteiger partial charge in [0.2, 0.25) is 17.7 Å². The van der Waals surface area contributed by atoms with Crippen LogP contribution in [0.25, 0.3) is 10.9 Å². The first-order valence-corrected chi connectivity index (χ1v) is 14.0. The maximum atomic E-state index is 13.4. The molecule has 1 aromatic heterocycles. The van der Waals surface area contributed by atoms with Crippen LogP contribution >= 0.6 is 0 Å². The normalized spacial score (nSPS) is 12.3. The van der Waals surface area contributed by atoms with Gasteiger partial charge in [-0.3, -0.25) is 28.8 Å². The molecule has 3 aromatic rings. The van der Waals surface area contributed by atoms with Crippen LogP contribution < -0.4 is 26.8 Å². The number of carboxylic acid groups (broad SMARTS) is 1. The molecule has 2 aromatic carbocycles. The van der Waals surface area contributed by atoms with Gasteiger partial charge in [0.15, 0.2) is 0 Å². The lowest BCUT2D eigenvalue weighted by atomic mass is 10.0. The van der Waals surface area contributed by atoms with Gasteiger partial charge in [-0.05, 0) is 35.6 Å². The Morgan fingerprint density at radius 3 is 2.18 bits per heavy atom. The summed E-state index contributed by atoms with van der Waals surface area (Å²) < 4.78 is 1.15. The number of carbonyl (C=O) groups excluding carboxylic acids is 4. The highest BCUT2D eigenvalue weighted by Crippen LogP contribution is 2.27. The van der Waals surface area contributed by atoms with Gasteiger partial charge in [0.05, 0.1) is 5.52 Å². The molecular weight excluding hydrogens is 570 g/mol. The first kappa shape index (κ1) is 33.3. The number of carbonyl (C=O) groups is 5. The SMILES string of the molecule is CC(=O)N[C@@H](CC(C)C)C(=O)N[C@@H](Cc1ccccc1)C(=O)NCc1ccc2c(c1)c(O)c(C(=O)NCC(=O)O)c(=O)n2C. The molecule has 0 fully saturated rings. The van der Waals surface area contributed by atoms with Crippen LogP contribution in [-0.4, -0.2) is 63.0 Å². The summed E-state index contributed by atoms with van der Waals surface area (Å²) in [6.45, 7) is 4.39. The van der Waals surface area contributed by atoms with E-state index in [4.69, 9.17) is 5.11 Å². The third-order valence-electron chi connectivity index (χ3n) is 6.84. The topological polar surface area (TPSA) is 196 Å². The lowest BCUT2D eigenvalue weighted by Gasteiger charge is -2.24. The highest BCUT2D eigenvalue weighted by Gasteiger charge is 2.27. The first-order valence-electron chi connectivity index (χ1n) is 14.0. The third-order valence-corrected chi connectivity index (χ3v) is 6.84. The highest BCUT2D eigenvalue weighted by atomic mass is 16.4. The van der Waals surface area contributed by atoms with Crippen LogP contribution in [0.15, 0.2) is 53.3 Å². The van der Waals surface area contributed by atoms with Crippen LogP contribution in [0.5, 0.6) is 5.75 Å². The summed E-state index contributed by atoms with van der Waals surface area (Å²) in [5.74, 6) is -4.23. The number of aromatic nitrogens is 1. The number of pyridine rings is 1. The summed E-state index contributed by atoms with van der Waals surface area (Å²) in [6, 6.07) is 12.0. The van der Waals surface area contributed by atoms with Crippen molar-refractivity contribution in [2.45, 2.75) is 52.2 Å². The zero-order valence-corrected chi connectivity index (χ0v) is 25.0. The molecule has 234 valence electrons. The third kappa shape index (κ3) is 8.66. The Balaban J connectivity index is 1.86. The molecule has 3 rings (SSSR count). The van der Waals surface area contributed by atoms with E-state index in [-0.39, 0.29) is 30.2 Å². The maximum Gasteiger partial charge on any atom is 0.322 e. The zero-order valence-electron chi connectivity index (χ0n) is 25.0. The molecular formula is C31H37N5O8. The van der Waals surface area contributed by atoms with Crippen molar-refractivity contribution in [1.82, 2.24) is 25.8 Å². The monoisotopic (exact) mass is 607 g/mol. The molecule has 0 aliphatic rings. The minimum Gasteiger partial charge on any atom is -0.506 e. The van der Waals surface area contributed by atoms with Crippen molar-refractivity contribution in [3.63, 3.8) is 0 Å². The molecule has 44 heavy (non-hydrogen) atoms. The number of carboxylic acids is 1. The van der Waals surface area contributed by atoms with Gasteiger partial charge >= 0.3 is 5.97 Å². The van der Waals surface area contributed by atoms with Gasteiger partial charge in [0.1, 0.15) is 29.9 Å². The second-order valence-corrected chi connectivity index (χ2v) is 10.9. The number of aliphatic carboxylic acids is 1. The molecule has 0 radical (unpaired) electrons. The van der Waals surface area contributed by atoms with Crippen LogP contribution in [0.2, 0.25) is 0 Å². The molecule has 4 amide bonds. The van der Waals surface area contributed by atoms with Crippen molar-refractivity contribution >= 4 is 40.5 Å². The van der Waals surface area contributed by atoms with Crippen molar-refractivity contribution < 1.29 is 34.2 Å². The molecule has 0 aliphatic heterocycles. The molecule has 0 saturated heterocycles. The van der Waals surface area contributed by atoms with Gasteiger partial charge in [-0.2, -0.15) is 0 Å². The van der Waals surface area contributed by atoms with Gasteiger partial charge in [-0.15, -0.1) is 0 Å². The number of nitrogens with zero attached hydrogens (tertiary/aromatic N) is 1. The van der Waals surface area contributed by atoms with E-state index >= 15 is 0 Å². The van der Waals surface area contributed by atoms with Crippen LogP contribution in [0.3, 0.4) is 0 Å². The van der Waals surface area contributed by atoms with Crippen LogP contribution in [0.1, 0.15) is 48.7 Å². The average molecular weight is 608 g/mol. The second kappa shape index (κ2) is 14.8. The van der Waals surface area contributed by atoms with E-state index in [0.717, 1.165) is 10.1 Å². The smallest absolute Gasteiger partial charge is 0.322 e. The Hall–Kier alpha value is -5.20. The number of benzene rings is 2.